The second kappa shape index (κ2) is 5.19. The van der Waals surface area contributed by atoms with Crippen molar-refractivity contribution in [1.29, 1.82) is 0 Å². The van der Waals surface area contributed by atoms with Gasteiger partial charge in [-0.1, -0.05) is 36.4 Å². The van der Waals surface area contributed by atoms with Crippen LogP contribution < -0.4 is 0 Å². The minimum absolute atomic E-state index is 0.879. The molecule has 0 aliphatic carbocycles. The monoisotopic (exact) mass is 192 g/mol. The zero-order valence-corrected chi connectivity index (χ0v) is 7.88. The summed E-state index contributed by atoms with van der Waals surface area (Å²) in [6.07, 6.45) is 2.36. The Morgan fingerprint density at radius 3 is 2.57 bits per heavy atom. The quantitative estimate of drug-likeness (QED) is 0.791. The molecule has 0 heterocycles. The molecule has 74 valence electrons. The van der Waals surface area contributed by atoms with Gasteiger partial charge in [0.15, 0.2) is 6.10 Å². The molecule has 0 aromatic heterocycles. The van der Waals surface area contributed by atoms with Crippen LogP contribution in [0.25, 0.3) is 6.08 Å². The Hall–Kier alpha value is -1.61. The molecule has 1 aromatic carbocycles. The maximum absolute atomic E-state index is 10.6. The van der Waals surface area contributed by atoms with E-state index >= 15 is 0 Å². The topological polar surface area (TPSA) is 46.5 Å². The minimum atomic E-state index is -0.986. The van der Waals surface area contributed by atoms with Crippen molar-refractivity contribution in [2.45, 2.75) is 6.10 Å². The molecule has 0 aliphatic rings. The van der Waals surface area contributed by atoms with E-state index in [9.17, 15) is 4.79 Å². The summed E-state index contributed by atoms with van der Waals surface area (Å²) < 4.78 is 4.75. The van der Waals surface area contributed by atoms with Crippen molar-refractivity contribution in [3.63, 3.8) is 0 Å². The van der Waals surface area contributed by atoms with E-state index in [1.54, 1.807) is 6.08 Å². The lowest BCUT2D eigenvalue weighted by Gasteiger charge is -2.03. The number of carboxylic acids is 1. The maximum atomic E-state index is 10.6. The van der Waals surface area contributed by atoms with Gasteiger partial charge in [0.1, 0.15) is 0 Å². The third-order valence-electron chi connectivity index (χ3n) is 1.76. The number of carboxylic acid groups (broad SMARTS) is 1. The Balaban J connectivity index is 2.67. The zero-order chi connectivity index (χ0) is 10.4. The molecule has 3 heteroatoms. The third-order valence-corrected chi connectivity index (χ3v) is 1.76. The first kappa shape index (κ1) is 10.5. The molecule has 0 saturated carbocycles. The first-order valence-corrected chi connectivity index (χ1v) is 4.23. The number of aliphatic carboxylic acids is 1. The Labute approximate surface area is 82.6 Å². The summed E-state index contributed by atoms with van der Waals surface area (Å²) in [6, 6.07) is 9.48. The lowest BCUT2D eigenvalue weighted by atomic mass is 10.2. The van der Waals surface area contributed by atoms with Crippen LogP contribution in [-0.2, 0) is 9.53 Å². The number of methoxy groups -OCH3 is 1. The van der Waals surface area contributed by atoms with Crippen LogP contribution in [0, 0.1) is 0 Å². The van der Waals surface area contributed by atoms with Crippen LogP contribution in [0.15, 0.2) is 36.4 Å². The second-order valence-corrected chi connectivity index (χ2v) is 2.76. The lowest BCUT2D eigenvalue weighted by molar-refractivity contribution is -0.145. The number of hydrogen-bond donors (Lipinski definition) is 1. The highest BCUT2D eigenvalue weighted by atomic mass is 16.5. The van der Waals surface area contributed by atoms with E-state index in [-0.39, 0.29) is 0 Å². The van der Waals surface area contributed by atoms with Crippen LogP contribution in [0.3, 0.4) is 0 Å². The van der Waals surface area contributed by atoms with Gasteiger partial charge in [-0.3, -0.25) is 0 Å². The van der Waals surface area contributed by atoms with Gasteiger partial charge in [-0.05, 0) is 11.6 Å². The molecule has 0 saturated heterocycles. The van der Waals surface area contributed by atoms with Gasteiger partial charge >= 0.3 is 5.97 Å². The number of carbonyl (C=O) groups is 1. The van der Waals surface area contributed by atoms with Crippen molar-refractivity contribution in [3.05, 3.63) is 42.0 Å². The summed E-state index contributed by atoms with van der Waals surface area (Å²) in [5.74, 6) is -0.986. The molecule has 0 aliphatic heterocycles. The number of rotatable bonds is 4. The molecule has 0 radical (unpaired) electrons. The molecule has 1 aromatic rings. The number of ether oxygens (including phenoxy) is 1. The van der Waals surface area contributed by atoms with E-state index in [0.29, 0.717) is 0 Å². The molecular formula is C11H12O3. The van der Waals surface area contributed by atoms with E-state index in [1.807, 2.05) is 30.3 Å². The summed E-state index contributed by atoms with van der Waals surface area (Å²) >= 11 is 0. The number of hydrogen-bond acceptors (Lipinski definition) is 2. The molecule has 0 bridgehead atoms. The van der Waals surface area contributed by atoms with Crippen molar-refractivity contribution in [2.24, 2.45) is 0 Å². The van der Waals surface area contributed by atoms with Gasteiger partial charge in [0.2, 0.25) is 0 Å². The minimum Gasteiger partial charge on any atom is -0.479 e. The molecule has 1 rings (SSSR count). The number of benzene rings is 1. The van der Waals surface area contributed by atoms with Crippen LogP contribution in [0.5, 0.6) is 0 Å². The van der Waals surface area contributed by atoms with Gasteiger partial charge in [-0.15, -0.1) is 0 Å². The van der Waals surface area contributed by atoms with Crippen molar-refractivity contribution in [2.75, 3.05) is 7.11 Å². The second-order valence-electron chi connectivity index (χ2n) is 2.76. The van der Waals surface area contributed by atoms with Crippen LogP contribution in [0.2, 0.25) is 0 Å². The van der Waals surface area contributed by atoms with Gasteiger partial charge in [-0.2, -0.15) is 0 Å². The first-order valence-electron chi connectivity index (χ1n) is 4.23. The fourth-order valence-electron chi connectivity index (χ4n) is 1.02. The molecule has 0 unspecified atom stereocenters. The van der Waals surface area contributed by atoms with Gasteiger partial charge in [0, 0.05) is 7.11 Å². The maximum Gasteiger partial charge on any atom is 0.336 e. The predicted octanol–water partition coefficient (Wildman–Crippen LogP) is 1.80. The molecule has 0 spiro atoms. The summed E-state index contributed by atoms with van der Waals surface area (Å²) in [7, 11) is 1.37. The molecular weight excluding hydrogens is 180 g/mol. The van der Waals surface area contributed by atoms with E-state index < -0.39 is 12.1 Å². The largest absolute Gasteiger partial charge is 0.479 e. The average molecular weight is 192 g/mol. The Kier molecular flexibility index (Phi) is 3.88. The van der Waals surface area contributed by atoms with Crippen LogP contribution in [0.4, 0.5) is 0 Å². The van der Waals surface area contributed by atoms with E-state index in [0.717, 1.165) is 5.56 Å². The average Bonchev–Trinajstić information content (AvgIpc) is 2.20. The highest BCUT2D eigenvalue weighted by molar-refractivity contribution is 5.76. The molecule has 14 heavy (non-hydrogen) atoms. The van der Waals surface area contributed by atoms with Crippen LogP contribution in [-0.4, -0.2) is 24.3 Å². The third kappa shape index (κ3) is 3.03. The Morgan fingerprint density at radius 1 is 1.43 bits per heavy atom. The molecule has 1 atom stereocenters. The van der Waals surface area contributed by atoms with Crippen molar-refractivity contribution >= 4 is 12.0 Å². The van der Waals surface area contributed by atoms with E-state index in [2.05, 4.69) is 0 Å². The summed E-state index contributed by atoms with van der Waals surface area (Å²) in [4.78, 5) is 10.6. The molecule has 0 fully saturated rings. The van der Waals surface area contributed by atoms with Crippen molar-refractivity contribution < 1.29 is 14.6 Å². The highest BCUT2D eigenvalue weighted by Gasteiger charge is 2.10. The summed E-state index contributed by atoms with van der Waals surface area (Å²) in [5, 5.41) is 8.68. The van der Waals surface area contributed by atoms with Crippen molar-refractivity contribution in [1.82, 2.24) is 0 Å². The molecule has 0 amide bonds. The van der Waals surface area contributed by atoms with Crippen LogP contribution in [0.1, 0.15) is 5.56 Å². The zero-order valence-electron chi connectivity index (χ0n) is 7.88. The smallest absolute Gasteiger partial charge is 0.336 e. The van der Waals surface area contributed by atoms with Crippen molar-refractivity contribution in [3.8, 4) is 0 Å². The highest BCUT2D eigenvalue weighted by Crippen LogP contribution is 2.03. The summed E-state index contributed by atoms with van der Waals surface area (Å²) in [5.41, 5.74) is 0.954. The van der Waals surface area contributed by atoms with Crippen LogP contribution >= 0.6 is 0 Å². The SMILES string of the molecule is CO[C@H](C=Cc1ccccc1)C(=O)O. The van der Waals surface area contributed by atoms with Gasteiger partial charge in [-0.25, -0.2) is 4.79 Å². The molecule has 1 N–H and O–H groups in total. The van der Waals surface area contributed by atoms with E-state index in [1.165, 1.54) is 13.2 Å². The van der Waals surface area contributed by atoms with E-state index in [4.69, 9.17) is 9.84 Å². The lowest BCUT2D eigenvalue weighted by Crippen LogP contribution is -2.19. The predicted molar refractivity (Wildman–Crippen MR) is 53.9 cm³/mol. The molecule has 3 nitrogen and oxygen atoms in total. The van der Waals surface area contributed by atoms with Gasteiger partial charge in [0.05, 0.1) is 0 Å². The fourth-order valence-corrected chi connectivity index (χ4v) is 1.02. The fraction of sp³-hybridized carbons (Fsp3) is 0.182. The van der Waals surface area contributed by atoms with Gasteiger partial charge in [0.25, 0.3) is 0 Å². The Morgan fingerprint density at radius 2 is 2.07 bits per heavy atom. The normalized spacial score (nSPS) is 12.9. The Bertz CT molecular complexity index is 317. The summed E-state index contributed by atoms with van der Waals surface area (Å²) in [6.45, 7) is 0. The first-order chi connectivity index (χ1) is 6.74. The standard InChI is InChI=1S/C11H12O3/c1-14-10(11(12)13)8-7-9-5-3-2-4-6-9/h2-8,10H,1H3,(H,12,13)/t10-/m1/s1. The van der Waals surface area contributed by atoms with Gasteiger partial charge < -0.3 is 9.84 Å².